The molecular weight excluding hydrogens is 362 g/mol. The number of ether oxygens (including phenoxy) is 1. The molecule has 0 aliphatic rings. The van der Waals surface area contributed by atoms with E-state index in [2.05, 4.69) is 18.8 Å². The molecular formula is C21H23NO2S2. The van der Waals surface area contributed by atoms with E-state index in [-0.39, 0.29) is 5.78 Å². The Kier molecular flexibility index (Phi) is 8.51. The zero-order chi connectivity index (χ0) is 18.8. The first-order valence-corrected chi connectivity index (χ1v) is 10.4. The molecule has 0 saturated carbocycles. The van der Waals surface area contributed by atoms with E-state index in [1.54, 1.807) is 49.0 Å². The highest BCUT2D eigenvalue weighted by molar-refractivity contribution is 8.22. The molecule has 0 unspecified atom stereocenters. The highest BCUT2D eigenvalue weighted by Gasteiger charge is 2.16. The second-order valence-corrected chi connectivity index (χ2v) is 8.02. The molecule has 26 heavy (non-hydrogen) atoms. The van der Waals surface area contributed by atoms with Crippen molar-refractivity contribution in [3.63, 3.8) is 0 Å². The van der Waals surface area contributed by atoms with Gasteiger partial charge in [0, 0.05) is 11.8 Å². The van der Waals surface area contributed by atoms with Crippen molar-refractivity contribution in [2.45, 2.75) is 13.8 Å². The SMILES string of the molecule is CCSC(SCC)=C(C(=O)/C=C/c1ccccn1)c1ccc(OC)cc1. The number of nitrogens with zero attached hydrogens (tertiary/aromatic N) is 1. The lowest BCUT2D eigenvalue weighted by molar-refractivity contribution is -0.109. The largest absolute Gasteiger partial charge is 0.497 e. The minimum absolute atomic E-state index is 0.0160. The number of ketones is 1. The van der Waals surface area contributed by atoms with Crippen LogP contribution in [-0.4, -0.2) is 29.4 Å². The van der Waals surface area contributed by atoms with E-state index in [9.17, 15) is 4.79 Å². The number of allylic oxidation sites excluding steroid dienone is 2. The number of thioether (sulfide) groups is 2. The van der Waals surface area contributed by atoms with Crippen molar-refractivity contribution < 1.29 is 9.53 Å². The van der Waals surface area contributed by atoms with E-state index >= 15 is 0 Å². The lowest BCUT2D eigenvalue weighted by atomic mass is 10.0. The average molecular weight is 386 g/mol. The predicted molar refractivity (Wildman–Crippen MR) is 114 cm³/mol. The molecule has 5 heteroatoms. The number of hydrogen-bond donors (Lipinski definition) is 0. The monoisotopic (exact) mass is 385 g/mol. The summed E-state index contributed by atoms with van der Waals surface area (Å²) in [7, 11) is 1.64. The van der Waals surface area contributed by atoms with Crippen molar-refractivity contribution in [3.05, 3.63) is 70.2 Å². The summed E-state index contributed by atoms with van der Waals surface area (Å²) in [6, 6.07) is 13.3. The topological polar surface area (TPSA) is 39.2 Å². The zero-order valence-corrected chi connectivity index (χ0v) is 16.9. The molecule has 0 bridgehead atoms. The van der Waals surface area contributed by atoms with E-state index in [0.29, 0.717) is 0 Å². The summed E-state index contributed by atoms with van der Waals surface area (Å²) in [5.41, 5.74) is 2.40. The van der Waals surface area contributed by atoms with E-state index in [4.69, 9.17) is 4.74 Å². The molecule has 2 rings (SSSR count). The van der Waals surface area contributed by atoms with Crippen molar-refractivity contribution in [2.24, 2.45) is 0 Å². The van der Waals surface area contributed by atoms with Crippen molar-refractivity contribution in [3.8, 4) is 5.75 Å². The predicted octanol–water partition coefficient (Wildman–Crippen LogP) is 5.55. The number of carbonyl (C=O) groups excluding carboxylic acids is 1. The quantitative estimate of drug-likeness (QED) is 0.529. The fourth-order valence-electron chi connectivity index (χ4n) is 2.29. The van der Waals surface area contributed by atoms with Crippen LogP contribution in [-0.2, 0) is 4.79 Å². The van der Waals surface area contributed by atoms with Crippen molar-refractivity contribution in [1.82, 2.24) is 4.98 Å². The molecule has 1 aromatic carbocycles. The van der Waals surface area contributed by atoms with Crippen molar-refractivity contribution >= 4 is 41.0 Å². The molecule has 0 spiro atoms. The third kappa shape index (κ3) is 5.78. The molecule has 0 aliphatic carbocycles. The molecule has 2 aromatic rings. The molecule has 1 heterocycles. The lowest BCUT2D eigenvalue weighted by Gasteiger charge is -2.12. The molecule has 0 N–H and O–H groups in total. The second-order valence-electron chi connectivity index (χ2n) is 5.21. The summed E-state index contributed by atoms with van der Waals surface area (Å²) >= 11 is 3.41. The minimum Gasteiger partial charge on any atom is -0.497 e. The fraction of sp³-hybridized carbons (Fsp3) is 0.238. The Balaban J connectivity index is 2.42. The summed E-state index contributed by atoms with van der Waals surface area (Å²) in [4.78, 5) is 17.3. The molecule has 0 radical (unpaired) electrons. The van der Waals surface area contributed by atoms with Gasteiger partial charge in [0.2, 0.25) is 0 Å². The molecule has 136 valence electrons. The number of benzene rings is 1. The van der Waals surface area contributed by atoms with Gasteiger partial charge in [-0.1, -0.05) is 32.0 Å². The van der Waals surface area contributed by atoms with Gasteiger partial charge >= 0.3 is 0 Å². The van der Waals surface area contributed by atoms with Gasteiger partial charge in [-0.25, -0.2) is 0 Å². The second kappa shape index (κ2) is 10.9. The van der Waals surface area contributed by atoms with E-state index in [1.807, 2.05) is 42.5 Å². The van der Waals surface area contributed by atoms with Gasteiger partial charge in [0.25, 0.3) is 0 Å². The summed E-state index contributed by atoms with van der Waals surface area (Å²) in [5.74, 6) is 2.59. The first kappa shape index (κ1) is 20.3. The summed E-state index contributed by atoms with van der Waals surface area (Å²) in [6.07, 6.45) is 5.08. The van der Waals surface area contributed by atoms with E-state index in [1.165, 1.54) is 0 Å². The van der Waals surface area contributed by atoms with Gasteiger partial charge in [-0.2, -0.15) is 0 Å². The van der Waals surface area contributed by atoms with Crippen LogP contribution >= 0.6 is 23.5 Å². The van der Waals surface area contributed by atoms with Crippen molar-refractivity contribution in [2.75, 3.05) is 18.6 Å². The molecule has 3 nitrogen and oxygen atoms in total. The molecule has 1 aromatic heterocycles. The van der Waals surface area contributed by atoms with Gasteiger partial charge in [-0.15, -0.1) is 23.5 Å². The maximum absolute atomic E-state index is 13.0. The van der Waals surface area contributed by atoms with Crippen molar-refractivity contribution in [1.29, 1.82) is 0 Å². The Labute approximate surface area is 163 Å². The highest BCUT2D eigenvalue weighted by Crippen LogP contribution is 2.37. The van der Waals surface area contributed by atoms with Crippen LogP contribution in [0.4, 0.5) is 0 Å². The van der Waals surface area contributed by atoms with Crippen LogP contribution in [0.1, 0.15) is 25.1 Å². The standard InChI is InChI=1S/C21H23NO2S2/c1-4-25-21(26-5-2)20(16-9-12-18(24-3)13-10-16)19(23)14-11-17-8-6-7-15-22-17/h6-15H,4-5H2,1-3H3/b14-11+. The summed E-state index contributed by atoms with van der Waals surface area (Å²) in [5, 5.41) is 0. The lowest BCUT2D eigenvalue weighted by Crippen LogP contribution is -2.01. The van der Waals surface area contributed by atoms with Gasteiger partial charge in [0.1, 0.15) is 5.75 Å². The van der Waals surface area contributed by atoms with Crippen LogP contribution in [0.25, 0.3) is 11.6 Å². The first-order valence-electron chi connectivity index (χ1n) is 8.47. The van der Waals surface area contributed by atoms with E-state index in [0.717, 1.165) is 38.3 Å². The molecule has 0 saturated heterocycles. The van der Waals surface area contributed by atoms with Gasteiger partial charge in [0.15, 0.2) is 5.78 Å². The van der Waals surface area contributed by atoms with Gasteiger partial charge < -0.3 is 4.74 Å². The fourth-order valence-corrected chi connectivity index (χ4v) is 4.58. The molecule has 0 atom stereocenters. The highest BCUT2D eigenvalue weighted by atomic mass is 32.2. The number of hydrogen-bond acceptors (Lipinski definition) is 5. The van der Waals surface area contributed by atoms with Crippen LogP contribution in [0, 0.1) is 0 Å². The minimum atomic E-state index is -0.0160. The number of carbonyl (C=O) groups is 1. The summed E-state index contributed by atoms with van der Waals surface area (Å²) in [6.45, 7) is 4.20. The Morgan fingerprint density at radius 1 is 1.08 bits per heavy atom. The zero-order valence-electron chi connectivity index (χ0n) is 15.3. The number of methoxy groups -OCH3 is 1. The van der Waals surface area contributed by atoms with Gasteiger partial charge in [-0.05, 0) is 53.5 Å². The van der Waals surface area contributed by atoms with Gasteiger partial charge in [-0.3, -0.25) is 9.78 Å². The Hall–Kier alpha value is -1.98. The molecule has 0 aliphatic heterocycles. The van der Waals surface area contributed by atoms with E-state index < -0.39 is 0 Å². The maximum atomic E-state index is 13.0. The maximum Gasteiger partial charge on any atom is 0.188 e. The van der Waals surface area contributed by atoms with Crippen LogP contribution < -0.4 is 4.74 Å². The van der Waals surface area contributed by atoms with Crippen LogP contribution in [0.15, 0.2) is 59.0 Å². The van der Waals surface area contributed by atoms with Gasteiger partial charge in [0.05, 0.1) is 17.0 Å². The average Bonchev–Trinajstić information content (AvgIpc) is 2.68. The number of aromatic nitrogens is 1. The number of rotatable bonds is 9. The first-order chi connectivity index (χ1) is 12.7. The Bertz CT molecular complexity index is 760. The molecule has 0 amide bonds. The number of pyridine rings is 1. The van der Waals surface area contributed by atoms with Crippen LogP contribution in [0.2, 0.25) is 0 Å². The summed E-state index contributed by atoms with van der Waals surface area (Å²) < 4.78 is 6.29. The normalized spacial score (nSPS) is 10.7. The molecule has 0 fully saturated rings. The Morgan fingerprint density at radius 3 is 2.31 bits per heavy atom. The smallest absolute Gasteiger partial charge is 0.188 e. The van der Waals surface area contributed by atoms with Crippen LogP contribution in [0.5, 0.6) is 5.75 Å². The Morgan fingerprint density at radius 2 is 1.77 bits per heavy atom. The third-order valence-electron chi connectivity index (χ3n) is 3.47. The third-order valence-corrected chi connectivity index (χ3v) is 5.69. The van der Waals surface area contributed by atoms with Crippen LogP contribution in [0.3, 0.4) is 0 Å².